The quantitative estimate of drug-likeness (QED) is 0.445. The molecule has 0 aromatic heterocycles. The van der Waals surface area contributed by atoms with E-state index < -0.39 is 41.5 Å². The van der Waals surface area contributed by atoms with E-state index in [2.05, 4.69) is 6.58 Å². The summed E-state index contributed by atoms with van der Waals surface area (Å²) in [7, 11) is 0. The van der Waals surface area contributed by atoms with Gasteiger partial charge >= 0.3 is 18.3 Å². The third-order valence-corrected chi connectivity index (χ3v) is 5.99. The lowest BCUT2D eigenvalue weighted by Crippen LogP contribution is -2.57. The van der Waals surface area contributed by atoms with Crippen LogP contribution in [0, 0.1) is 17.8 Å². The average Bonchev–Trinajstić information content (AvgIpc) is 2.42. The van der Waals surface area contributed by atoms with Crippen molar-refractivity contribution in [2.75, 3.05) is 0 Å². The van der Waals surface area contributed by atoms with Gasteiger partial charge in [0.15, 0.2) is 0 Å². The highest BCUT2D eigenvalue weighted by Crippen LogP contribution is 2.57. The van der Waals surface area contributed by atoms with Gasteiger partial charge in [0.1, 0.15) is 5.60 Å². The molecule has 0 heterocycles. The van der Waals surface area contributed by atoms with Crippen LogP contribution in [0.3, 0.4) is 0 Å². The number of rotatable bonds is 4. The maximum absolute atomic E-state index is 12.8. The standard InChI is InChI=1S/C17H20F6O3/c1-9(5-15(25,16(18,19)20)17(21,22)23)13(24)26-14-6-10-2-11(7-14)4-12(3-10)8-14/h10-12,25H,1-8H2. The molecule has 1 N–H and O–H groups in total. The van der Waals surface area contributed by atoms with Crippen LogP contribution in [0.5, 0.6) is 0 Å². The summed E-state index contributed by atoms with van der Waals surface area (Å²) >= 11 is 0. The first-order valence-corrected chi connectivity index (χ1v) is 8.52. The molecule has 4 saturated carbocycles. The van der Waals surface area contributed by atoms with Crippen LogP contribution in [0.2, 0.25) is 0 Å². The fraction of sp³-hybridized carbons (Fsp3) is 0.824. The number of aliphatic hydroxyl groups is 1. The predicted octanol–water partition coefficient (Wildman–Crippen LogP) is 4.30. The highest BCUT2D eigenvalue weighted by atomic mass is 19.4. The SMILES string of the molecule is C=C(CC(O)(C(F)(F)F)C(F)(F)F)C(=O)OC12CC3CC(CC(C3)C1)C2. The molecule has 4 aliphatic carbocycles. The highest BCUT2D eigenvalue weighted by molar-refractivity contribution is 5.88. The maximum atomic E-state index is 12.8. The number of carbonyl (C=O) groups excluding carboxylic acids is 1. The fourth-order valence-corrected chi connectivity index (χ4v) is 5.17. The van der Waals surface area contributed by atoms with E-state index in [1.165, 1.54) is 0 Å². The van der Waals surface area contributed by atoms with Gasteiger partial charge in [-0.3, -0.25) is 0 Å². The van der Waals surface area contributed by atoms with E-state index in [0.29, 0.717) is 37.0 Å². The van der Waals surface area contributed by atoms with E-state index in [0.717, 1.165) is 19.3 Å². The zero-order chi connectivity index (χ0) is 19.5. The molecule has 0 spiro atoms. The smallest absolute Gasteiger partial charge is 0.426 e. The van der Waals surface area contributed by atoms with Crippen molar-refractivity contribution in [2.45, 2.75) is 68.5 Å². The van der Waals surface area contributed by atoms with Gasteiger partial charge in [-0.2, -0.15) is 26.3 Å². The van der Waals surface area contributed by atoms with Crippen LogP contribution in [-0.4, -0.2) is 34.6 Å². The second-order valence-electron chi connectivity index (χ2n) is 8.13. The van der Waals surface area contributed by atoms with E-state index in [1.807, 2.05) is 0 Å². The largest absolute Gasteiger partial charge is 0.456 e. The van der Waals surface area contributed by atoms with Crippen LogP contribution in [-0.2, 0) is 9.53 Å². The molecule has 3 nitrogen and oxygen atoms in total. The van der Waals surface area contributed by atoms with Gasteiger partial charge in [-0.05, 0) is 56.3 Å². The number of halogens is 6. The minimum atomic E-state index is -5.99. The van der Waals surface area contributed by atoms with Crippen LogP contribution in [0.25, 0.3) is 0 Å². The van der Waals surface area contributed by atoms with Crippen molar-refractivity contribution in [3.63, 3.8) is 0 Å². The van der Waals surface area contributed by atoms with E-state index in [-0.39, 0.29) is 0 Å². The molecule has 4 bridgehead atoms. The topological polar surface area (TPSA) is 46.5 Å². The number of alkyl halides is 6. The van der Waals surface area contributed by atoms with Gasteiger partial charge in [0.05, 0.1) is 0 Å². The molecule has 148 valence electrons. The lowest BCUT2D eigenvalue weighted by Gasteiger charge is -2.55. The normalized spacial score (nSPS) is 34.0. The molecule has 26 heavy (non-hydrogen) atoms. The molecule has 0 atom stereocenters. The molecule has 0 aromatic rings. The molecule has 0 unspecified atom stereocenters. The van der Waals surface area contributed by atoms with Gasteiger partial charge in [-0.25, -0.2) is 4.79 Å². The Kier molecular flexibility index (Phi) is 4.41. The number of hydrogen-bond acceptors (Lipinski definition) is 3. The molecule has 0 aliphatic heterocycles. The zero-order valence-corrected chi connectivity index (χ0v) is 13.9. The summed E-state index contributed by atoms with van der Waals surface area (Å²) < 4.78 is 82.1. The minimum Gasteiger partial charge on any atom is -0.456 e. The summed E-state index contributed by atoms with van der Waals surface area (Å²) in [5.41, 5.74) is -6.88. The average molecular weight is 386 g/mol. The van der Waals surface area contributed by atoms with E-state index >= 15 is 0 Å². The van der Waals surface area contributed by atoms with Gasteiger partial charge in [0, 0.05) is 12.0 Å². The first kappa shape index (κ1) is 19.5. The van der Waals surface area contributed by atoms with Crippen molar-refractivity contribution in [2.24, 2.45) is 17.8 Å². The lowest BCUT2D eigenvalue weighted by molar-refractivity contribution is -0.367. The number of carbonyl (C=O) groups is 1. The van der Waals surface area contributed by atoms with Crippen molar-refractivity contribution in [3.05, 3.63) is 12.2 Å². The van der Waals surface area contributed by atoms with Crippen molar-refractivity contribution in [1.82, 2.24) is 0 Å². The Bertz CT molecular complexity index is 557. The van der Waals surface area contributed by atoms with Crippen LogP contribution >= 0.6 is 0 Å². The third-order valence-electron chi connectivity index (χ3n) is 5.99. The third kappa shape index (κ3) is 3.23. The van der Waals surface area contributed by atoms with Crippen LogP contribution in [0.1, 0.15) is 44.9 Å². The predicted molar refractivity (Wildman–Crippen MR) is 77.8 cm³/mol. The monoisotopic (exact) mass is 386 g/mol. The summed E-state index contributed by atoms with van der Waals surface area (Å²) in [4.78, 5) is 12.2. The summed E-state index contributed by atoms with van der Waals surface area (Å²) in [6.45, 7) is 3.03. The molecule has 4 aliphatic rings. The second kappa shape index (κ2) is 5.87. The number of hydrogen-bond donors (Lipinski definition) is 1. The summed E-state index contributed by atoms with van der Waals surface area (Å²) in [6, 6.07) is 0. The van der Waals surface area contributed by atoms with Crippen molar-refractivity contribution < 1.29 is 41.0 Å². The first-order valence-electron chi connectivity index (χ1n) is 8.52. The van der Waals surface area contributed by atoms with Gasteiger partial charge < -0.3 is 9.84 Å². The first-order chi connectivity index (χ1) is 11.7. The molecule has 4 fully saturated rings. The van der Waals surface area contributed by atoms with Gasteiger partial charge in [-0.1, -0.05) is 6.58 Å². The molecular weight excluding hydrogens is 366 g/mol. The Morgan fingerprint density at radius 2 is 1.35 bits per heavy atom. The maximum Gasteiger partial charge on any atom is 0.426 e. The van der Waals surface area contributed by atoms with Crippen LogP contribution in [0.4, 0.5) is 26.3 Å². The minimum absolute atomic E-state index is 0.379. The molecule has 4 rings (SSSR count). The van der Waals surface area contributed by atoms with Gasteiger partial charge in [0.25, 0.3) is 5.60 Å². The molecule has 0 saturated heterocycles. The zero-order valence-electron chi connectivity index (χ0n) is 13.9. The fourth-order valence-electron chi connectivity index (χ4n) is 5.17. The van der Waals surface area contributed by atoms with Gasteiger partial charge in [0.2, 0.25) is 0 Å². The number of esters is 1. The summed E-state index contributed by atoms with van der Waals surface area (Å²) in [6.07, 6.45) is -9.14. The molecule has 0 amide bonds. The Labute approximate surface area is 146 Å². The second-order valence-corrected chi connectivity index (χ2v) is 8.13. The highest BCUT2D eigenvalue weighted by Gasteiger charge is 2.70. The lowest BCUT2D eigenvalue weighted by atomic mass is 9.54. The van der Waals surface area contributed by atoms with Crippen molar-refractivity contribution in [3.8, 4) is 0 Å². The van der Waals surface area contributed by atoms with Crippen molar-refractivity contribution in [1.29, 1.82) is 0 Å². The van der Waals surface area contributed by atoms with E-state index in [9.17, 15) is 36.2 Å². The van der Waals surface area contributed by atoms with E-state index in [1.54, 1.807) is 0 Å². The summed E-state index contributed by atoms with van der Waals surface area (Å²) in [5, 5.41) is 9.21. The Morgan fingerprint density at radius 1 is 0.962 bits per heavy atom. The van der Waals surface area contributed by atoms with E-state index in [4.69, 9.17) is 4.74 Å². The molecule has 0 aromatic carbocycles. The van der Waals surface area contributed by atoms with Crippen LogP contribution in [0.15, 0.2) is 12.2 Å². The Balaban J connectivity index is 1.71. The van der Waals surface area contributed by atoms with Gasteiger partial charge in [-0.15, -0.1) is 0 Å². The number of ether oxygens (including phenoxy) is 1. The molecule has 9 heteroatoms. The van der Waals surface area contributed by atoms with Crippen molar-refractivity contribution >= 4 is 5.97 Å². The molecular formula is C17H20F6O3. The summed E-state index contributed by atoms with van der Waals surface area (Å²) in [5.74, 6) is -0.155. The Morgan fingerprint density at radius 3 is 1.69 bits per heavy atom. The molecule has 0 radical (unpaired) electrons. The van der Waals surface area contributed by atoms with Crippen LogP contribution < -0.4 is 0 Å². The Hall–Kier alpha value is -1.25.